The number of amides is 2. The summed E-state index contributed by atoms with van der Waals surface area (Å²) in [7, 11) is 0. The number of rotatable bonds is 7. The van der Waals surface area contributed by atoms with Crippen LogP contribution < -0.4 is 0 Å². The third-order valence-corrected chi connectivity index (χ3v) is 5.61. The molecule has 0 saturated carbocycles. The highest BCUT2D eigenvalue weighted by Crippen LogP contribution is 2.43. The minimum absolute atomic E-state index is 0.0153. The summed E-state index contributed by atoms with van der Waals surface area (Å²) in [6, 6.07) is 0. The Morgan fingerprint density at radius 1 is 1.13 bits per heavy atom. The zero-order chi connectivity index (χ0) is 17.0. The Morgan fingerprint density at radius 3 is 2.35 bits per heavy atom. The van der Waals surface area contributed by atoms with Crippen LogP contribution in [0, 0.1) is 17.3 Å². The third-order valence-electron chi connectivity index (χ3n) is 5.61. The number of ether oxygens (including phenoxy) is 1. The number of carbonyl (C=O) groups excluding carboxylic acids is 2. The van der Waals surface area contributed by atoms with Gasteiger partial charge < -0.3 is 4.74 Å². The smallest absolute Gasteiger partial charge is 0.229 e. The molecule has 2 rings (SSSR count). The van der Waals surface area contributed by atoms with E-state index in [0.717, 1.165) is 25.9 Å². The van der Waals surface area contributed by atoms with Gasteiger partial charge in [-0.15, -0.1) is 0 Å². The van der Waals surface area contributed by atoms with Crippen molar-refractivity contribution in [3.63, 3.8) is 0 Å². The summed E-state index contributed by atoms with van der Waals surface area (Å²) in [5, 5.41) is 0. The summed E-state index contributed by atoms with van der Waals surface area (Å²) in [4.78, 5) is 25.3. The minimum Gasteiger partial charge on any atom is -0.378 e. The predicted octanol–water partition coefficient (Wildman–Crippen LogP) is 3.78. The fourth-order valence-electron chi connectivity index (χ4n) is 3.84. The molecule has 2 fully saturated rings. The van der Waals surface area contributed by atoms with E-state index < -0.39 is 0 Å². The standard InChI is InChI=1S/C19H33NO3/c1-14(2)7-8-19(10-12-23-16(13-19)15(3)4)9-11-20-17(21)5-6-18(20)22/h14-16H,5-13H2,1-4H3/t16-,19+/m1/s1. The van der Waals surface area contributed by atoms with Crippen LogP contribution in [0.4, 0.5) is 0 Å². The van der Waals surface area contributed by atoms with Crippen LogP contribution in [0.5, 0.6) is 0 Å². The van der Waals surface area contributed by atoms with E-state index >= 15 is 0 Å². The Balaban J connectivity index is 2.03. The highest BCUT2D eigenvalue weighted by Gasteiger charge is 2.39. The van der Waals surface area contributed by atoms with E-state index in [1.165, 1.54) is 17.7 Å². The number of hydrogen-bond acceptors (Lipinski definition) is 3. The first-order valence-corrected chi connectivity index (χ1v) is 9.28. The molecular weight excluding hydrogens is 290 g/mol. The first kappa shape index (κ1) is 18.4. The second-order valence-electron chi connectivity index (χ2n) is 8.23. The van der Waals surface area contributed by atoms with Crippen LogP contribution in [0.25, 0.3) is 0 Å². The second-order valence-corrected chi connectivity index (χ2v) is 8.23. The van der Waals surface area contributed by atoms with Gasteiger partial charge >= 0.3 is 0 Å². The average Bonchev–Trinajstić information content (AvgIpc) is 2.82. The van der Waals surface area contributed by atoms with Crippen molar-refractivity contribution in [3.05, 3.63) is 0 Å². The lowest BCUT2D eigenvalue weighted by Gasteiger charge is -2.43. The van der Waals surface area contributed by atoms with E-state index in [4.69, 9.17) is 4.74 Å². The van der Waals surface area contributed by atoms with Crippen molar-refractivity contribution >= 4 is 11.8 Å². The van der Waals surface area contributed by atoms with E-state index in [1.807, 2.05) is 0 Å². The van der Waals surface area contributed by atoms with Gasteiger partial charge in [-0.1, -0.05) is 34.1 Å². The van der Waals surface area contributed by atoms with Crippen molar-refractivity contribution in [2.75, 3.05) is 13.2 Å². The average molecular weight is 323 g/mol. The molecule has 2 atom stereocenters. The zero-order valence-corrected chi connectivity index (χ0v) is 15.3. The van der Waals surface area contributed by atoms with Gasteiger partial charge in [-0.05, 0) is 42.9 Å². The molecule has 2 saturated heterocycles. The second kappa shape index (κ2) is 7.78. The molecule has 2 heterocycles. The summed E-state index contributed by atoms with van der Waals surface area (Å²) in [5.74, 6) is 1.23. The summed E-state index contributed by atoms with van der Waals surface area (Å²) in [6.45, 7) is 10.4. The van der Waals surface area contributed by atoms with Crippen molar-refractivity contribution in [1.29, 1.82) is 0 Å². The van der Waals surface area contributed by atoms with Crippen LogP contribution >= 0.6 is 0 Å². The van der Waals surface area contributed by atoms with Crippen LogP contribution in [0.1, 0.15) is 72.6 Å². The maximum absolute atomic E-state index is 11.9. The molecule has 2 aliphatic rings. The maximum atomic E-state index is 11.9. The Morgan fingerprint density at radius 2 is 1.78 bits per heavy atom. The molecule has 2 aliphatic heterocycles. The van der Waals surface area contributed by atoms with Gasteiger partial charge in [-0.2, -0.15) is 0 Å². The van der Waals surface area contributed by atoms with E-state index in [0.29, 0.717) is 37.3 Å². The fourth-order valence-corrected chi connectivity index (χ4v) is 3.84. The van der Waals surface area contributed by atoms with Gasteiger partial charge in [0, 0.05) is 26.0 Å². The largest absolute Gasteiger partial charge is 0.378 e. The molecule has 0 unspecified atom stereocenters. The van der Waals surface area contributed by atoms with Crippen LogP contribution in [-0.4, -0.2) is 36.0 Å². The van der Waals surface area contributed by atoms with Crippen molar-refractivity contribution in [2.45, 2.75) is 78.7 Å². The molecule has 0 aliphatic carbocycles. The fraction of sp³-hybridized carbons (Fsp3) is 0.895. The molecule has 132 valence electrons. The van der Waals surface area contributed by atoms with Crippen LogP contribution in [0.15, 0.2) is 0 Å². The molecule has 0 aromatic heterocycles. The van der Waals surface area contributed by atoms with Crippen molar-refractivity contribution in [1.82, 2.24) is 4.90 Å². The lowest BCUT2D eigenvalue weighted by atomic mass is 9.69. The Bertz CT molecular complexity index is 416. The van der Waals surface area contributed by atoms with Gasteiger partial charge in [0.15, 0.2) is 0 Å². The number of nitrogens with zero attached hydrogens (tertiary/aromatic N) is 1. The van der Waals surface area contributed by atoms with Gasteiger partial charge in [0.1, 0.15) is 0 Å². The number of likely N-dealkylation sites (tertiary alicyclic amines) is 1. The molecule has 0 spiro atoms. The first-order valence-electron chi connectivity index (χ1n) is 9.28. The summed E-state index contributed by atoms with van der Waals surface area (Å²) in [6.07, 6.45) is 6.53. The Kier molecular flexibility index (Phi) is 6.24. The van der Waals surface area contributed by atoms with E-state index in [1.54, 1.807) is 0 Å². The monoisotopic (exact) mass is 323 g/mol. The molecular formula is C19H33NO3. The van der Waals surface area contributed by atoms with Gasteiger partial charge in [0.25, 0.3) is 0 Å². The molecule has 0 aromatic rings. The summed E-state index contributed by atoms with van der Waals surface area (Å²) in [5.41, 5.74) is 0.223. The normalized spacial score (nSPS) is 29.1. The SMILES string of the molecule is CC(C)CC[C@]1(CCN2C(=O)CCC2=O)CCO[C@@H](C(C)C)C1. The van der Waals surface area contributed by atoms with Crippen molar-refractivity contribution < 1.29 is 14.3 Å². The van der Waals surface area contributed by atoms with Crippen LogP contribution in [0.3, 0.4) is 0 Å². The Hall–Kier alpha value is -0.900. The molecule has 4 heteroatoms. The molecule has 23 heavy (non-hydrogen) atoms. The van der Waals surface area contributed by atoms with Gasteiger partial charge in [0.2, 0.25) is 11.8 Å². The number of imide groups is 1. The van der Waals surface area contributed by atoms with E-state index in [2.05, 4.69) is 27.7 Å². The van der Waals surface area contributed by atoms with Crippen molar-refractivity contribution in [2.24, 2.45) is 17.3 Å². The molecule has 0 aromatic carbocycles. The molecule has 0 radical (unpaired) electrons. The number of carbonyl (C=O) groups is 2. The summed E-state index contributed by atoms with van der Waals surface area (Å²) >= 11 is 0. The molecule has 2 amide bonds. The quantitative estimate of drug-likeness (QED) is 0.670. The third kappa shape index (κ3) is 4.79. The molecule has 0 bridgehead atoms. The number of hydrogen-bond donors (Lipinski definition) is 0. The maximum Gasteiger partial charge on any atom is 0.229 e. The van der Waals surface area contributed by atoms with E-state index in [-0.39, 0.29) is 17.2 Å². The topological polar surface area (TPSA) is 46.6 Å². The van der Waals surface area contributed by atoms with Crippen LogP contribution in [0.2, 0.25) is 0 Å². The lowest BCUT2D eigenvalue weighted by molar-refractivity contribution is -0.139. The lowest BCUT2D eigenvalue weighted by Crippen LogP contribution is -2.41. The highest BCUT2D eigenvalue weighted by molar-refractivity contribution is 6.01. The van der Waals surface area contributed by atoms with Crippen molar-refractivity contribution in [3.8, 4) is 0 Å². The highest BCUT2D eigenvalue weighted by atomic mass is 16.5. The summed E-state index contributed by atoms with van der Waals surface area (Å²) < 4.78 is 5.97. The Labute approximate surface area is 140 Å². The van der Waals surface area contributed by atoms with Gasteiger partial charge in [-0.25, -0.2) is 0 Å². The van der Waals surface area contributed by atoms with Gasteiger partial charge in [-0.3, -0.25) is 14.5 Å². The van der Waals surface area contributed by atoms with Crippen LogP contribution in [-0.2, 0) is 14.3 Å². The molecule has 4 nitrogen and oxygen atoms in total. The van der Waals surface area contributed by atoms with Gasteiger partial charge in [0.05, 0.1) is 6.10 Å². The molecule has 0 N–H and O–H groups in total. The predicted molar refractivity (Wildman–Crippen MR) is 90.9 cm³/mol. The van der Waals surface area contributed by atoms with E-state index in [9.17, 15) is 9.59 Å². The first-order chi connectivity index (χ1) is 10.8. The zero-order valence-electron chi connectivity index (χ0n) is 15.3. The minimum atomic E-state index is 0.0153.